The summed E-state index contributed by atoms with van der Waals surface area (Å²) in [6, 6.07) is 13.0. The van der Waals surface area contributed by atoms with Crippen LogP contribution in [0.2, 0.25) is 5.02 Å². The molecule has 1 aromatic heterocycles. The van der Waals surface area contributed by atoms with Gasteiger partial charge in [-0.1, -0.05) is 47.6 Å². The molecule has 0 aliphatic carbocycles. The van der Waals surface area contributed by atoms with E-state index in [-0.39, 0.29) is 29.8 Å². The molecular formula is C24H24ClN3O4S. The van der Waals surface area contributed by atoms with Crippen molar-refractivity contribution in [2.45, 2.75) is 43.2 Å². The number of benzene rings is 2. The third-order valence-electron chi connectivity index (χ3n) is 5.20. The largest absolute Gasteiger partial charge is 0.493 e. The SMILES string of the molecule is COc1cc(C2CC(=O)Nc3nc(SCc4ccccc4Cl)[nH]c(=O)c32)ccc1OC(C)C. The Hall–Kier alpha value is -2.97. The minimum atomic E-state index is -0.449. The topological polar surface area (TPSA) is 93.3 Å². The first-order valence-electron chi connectivity index (χ1n) is 10.5. The number of H-pyrrole nitrogens is 1. The molecule has 172 valence electrons. The van der Waals surface area contributed by atoms with Gasteiger partial charge in [-0.25, -0.2) is 4.98 Å². The number of halogens is 1. The summed E-state index contributed by atoms with van der Waals surface area (Å²) >= 11 is 7.57. The molecule has 2 N–H and O–H groups in total. The highest BCUT2D eigenvalue weighted by atomic mass is 35.5. The van der Waals surface area contributed by atoms with Gasteiger partial charge in [-0.15, -0.1) is 0 Å². The van der Waals surface area contributed by atoms with Crippen molar-refractivity contribution >= 4 is 35.1 Å². The molecule has 0 radical (unpaired) electrons. The van der Waals surface area contributed by atoms with Gasteiger partial charge in [0.15, 0.2) is 16.7 Å². The molecule has 1 atom stereocenters. The van der Waals surface area contributed by atoms with Crippen molar-refractivity contribution < 1.29 is 14.3 Å². The number of aromatic amines is 1. The van der Waals surface area contributed by atoms with Crippen molar-refractivity contribution in [3.05, 3.63) is 74.5 Å². The molecule has 2 heterocycles. The monoisotopic (exact) mass is 485 g/mol. The number of hydrogen-bond donors (Lipinski definition) is 2. The molecule has 7 nitrogen and oxygen atoms in total. The summed E-state index contributed by atoms with van der Waals surface area (Å²) in [6.45, 7) is 3.86. The Balaban J connectivity index is 1.66. The van der Waals surface area contributed by atoms with Crippen molar-refractivity contribution in [1.29, 1.82) is 0 Å². The van der Waals surface area contributed by atoms with Crippen molar-refractivity contribution in [3.8, 4) is 11.5 Å². The number of ether oxygens (including phenoxy) is 2. The zero-order valence-electron chi connectivity index (χ0n) is 18.5. The second-order valence-corrected chi connectivity index (χ2v) is 9.27. The van der Waals surface area contributed by atoms with Gasteiger partial charge in [0.1, 0.15) is 5.82 Å². The van der Waals surface area contributed by atoms with E-state index >= 15 is 0 Å². The van der Waals surface area contributed by atoms with Crippen LogP contribution in [0.5, 0.6) is 11.5 Å². The van der Waals surface area contributed by atoms with Gasteiger partial charge in [-0.05, 0) is 43.2 Å². The van der Waals surface area contributed by atoms with Crippen LogP contribution in [0.25, 0.3) is 0 Å². The van der Waals surface area contributed by atoms with Gasteiger partial charge in [-0.2, -0.15) is 0 Å². The highest BCUT2D eigenvalue weighted by Crippen LogP contribution is 2.38. The maximum atomic E-state index is 13.1. The highest BCUT2D eigenvalue weighted by Gasteiger charge is 2.31. The molecule has 2 aromatic carbocycles. The van der Waals surface area contributed by atoms with Crippen LogP contribution in [-0.4, -0.2) is 29.1 Å². The smallest absolute Gasteiger partial charge is 0.257 e. The molecule has 1 amide bonds. The van der Waals surface area contributed by atoms with E-state index < -0.39 is 5.92 Å². The summed E-state index contributed by atoms with van der Waals surface area (Å²) in [5.74, 6) is 1.32. The molecule has 1 aliphatic heterocycles. The van der Waals surface area contributed by atoms with Crippen LogP contribution in [0.3, 0.4) is 0 Å². The zero-order chi connectivity index (χ0) is 23.5. The average molecular weight is 486 g/mol. The summed E-state index contributed by atoms with van der Waals surface area (Å²) in [4.78, 5) is 32.9. The lowest BCUT2D eigenvalue weighted by atomic mass is 9.86. The number of anilines is 1. The van der Waals surface area contributed by atoms with Crippen LogP contribution in [-0.2, 0) is 10.5 Å². The Morgan fingerprint density at radius 1 is 1.18 bits per heavy atom. The average Bonchev–Trinajstić information content (AvgIpc) is 2.77. The molecule has 1 aliphatic rings. The Morgan fingerprint density at radius 3 is 2.70 bits per heavy atom. The second kappa shape index (κ2) is 9.89. The molecule has 4 rings (SSSR count). The maximum absolute atomic E-state index is 13.1. The summed E-state index contributed by atoms with van der Waals surface area (Å²) < 4.78 is 11.3. The van der Waals surface area contributed by atoms with Crippen LogP contribution < -0.4 is 20.3 Å². The highest BCUT2D eigenvalue weighted by molar-refractivity contribution is 7.98. The van der Waals surface area contributed by atoms with E-state index in [4.69, 9.17) is 21.1 Å². The van der Waals surface area contributed by atoms with E-state index in [1.807, 2.05) is 50.2 Å². The molecule has 1 unspecified atom stereocenters. The molecule has 9 heteroatoms. The first-order chi connectivity index (χ1) is 15.9. The van der Waals surface area contributed by atoms with Gasteiger partial charge < -0.3 is 19.8 Å². The van der Waals surface area contributed by atoms with Crippen LogP contribution in [0.15, 0.2) is 52.4 Å². The van der Waals surface area contributed by atoms with E-state index in [2.05, 4.69) is 15.3 Å². The minimum absolute atomic E-state index is 0.0142. The number of aromatic nitrogens is 2. The summed E-state index contributed by atoms with van der Waals surface area (Å²) in [7, 11) is 1.56. The first-order valence-corrected chi connectivity index (χ1v) is 11.9. The quantitative estimate of drug-likeness (QED) is 0.362. The lowest BCUT2D eigenvalue weighted by molar-refractivity contribution is -0.116. The molecule has 0 spiro atoms. The maximum Gasteiger partial charge on any atom is 0.257 e. The fraction of sp³-hybridized carbons (Fsp3) is 0.292. The zero-order valence-corrected chi connectivity index (χ0v) is 20.0. The van der Waals surface area contributed by atoms with Crippen LogP contribution >= 0.6 is 23.4 Å². The first kappa shape index (κ1) is 23.2. The molecule has 0 bridgehead atoms. The van der Waals surface area contributed by atoms with Gasteiger partial charge in [0.05, 0.1) is 18.8 Å². The lowest BCUT2D eigenvalue weighted by Crippen LogP contribution is -2.31. The standard InChI is InChI=1S/C24H24ClN3O4S/c1-13(2)32-18-9-8-14(10-19(18)31-3)16-11-20(29)26-22-21(16)23(30)28-24(27-22)33-12-15-6-4-5-7-17(15)25/h4-10,13,16H,11-12H2,1-3H3,(H2,26,27,28,29,30). The molecular weight excluding hydrogens is 462 g/mol. The third-order valence-corrected chi connectivity index (χ3v) is 6.50. The van der Waals surface area contributed by atoms with E-state index in [1.165, 1.54) is 11.8 Å². The fourth-order valence-electron chi connectivity index (χ4n) is 3.72. The van der Waals surface area contributed by atoms with Gasteiger partial charge in [-0.3, -0.25) is 9.59 Å². The van der Waals surface area contributed by atoms with E-state index in [1.54, 1.807) is 13.2 Å². The van der Waals surface area contributed by atoms with Gasteiger partial charge >= 0.3 is 0 Å². The normalized spacial score (nSPS) is 15.2. The third kappa shape index (κ3) is 5.17. The Kier molecular flexibility index (Phi) is 6.95. The molecule has 0 saturated heterocycles. The Bertz CT molecular complexity index is 1240. The van der Waals surface area contributed by atoms with Crippen LogP contribution in [0.1, 0.15) is 42.9 Å². The number of nitrogens with one attached hydrogen (secondary N) is 2. The van der Waals surface area contributed by atoms with E-state index in [0.29, 0.717) is 33.0 Å². The molecule has 33 heavy (non-hydrogen) atoms. The number of methoxy groups -OCH3 is 1. The summed E-state index contributed by atoms with van der Waals surface area (Å²) in [5.41, 5.74) is 1.86. The number of carbonyl (C=O) groups excluding carboxylic acids is 1. The predicted molar refractivity (Wildman–Crippen MR) is 130 cm³/mol. The van der Waals surface area contributed by atoms with Crippen LogP contribution in [0, 0.1) is 0 Å². The number of thioether (sulfide) groups is 1. The van der Waals surface area contributed by atoms with Crippen molar-refractivity contribution in [2.24, 2.45) is 0 Å². The molecule has 0 fully saturated rings. The van der Waals surface area contributed by atoms with E-state index in [9.17, 15) is 9.59 Å². The lowest BCUT2D eigenvalue weighted by Gasteiger charge is -2.25. The van der Waals surface area contributed by atoms with E-state index in [0.717, 1.165) is 11.1 Å². The minimum Gasteiger partial charge on any atom is -0.493 e. The number of rotatable bonds is 7. The molecule has 3 aromatic rings. The number of amides is 1. The van der Waals surface area contributed by atoms with Gasteiger partial charge in [0.25, 0.3) is 5.56 Å². The summed E-state index contributed by atoms with van der Waals surface area (Å²) in [5, 5.41) is 3.82. The van der Waals surface area contributed by atoms with Gasteiger partial charge in [0.2, 0.25) is 5.91 Å². The van der Waals surface area contributed by atoms with Crippen molar-refractivity contribution in [3.63, 3.8) is 0 Å². The van der Waals surface area contributed by atoms with Crippen molar-refractivity contribution in [1.82, 2.24) is 9.97 Å². The molecule has 0 saturated carbocycles. The number of nitrogens with zero attached hydrogens (tertiary/aromatic N) is 1. The van der Waals surface area contributed by atoms with Gasteiger partial charge in [0, 0.05) is 23.1 Å². The Labute approximate surface area is 200 Å². The van der Waals surface area contributed by atoms with Crippen molar-refractivity contribution in [2.75, 3.05) is 12.4 Å². The number of carbonyl (C=O) groups is 1. The number of fused-ring (bicyclic) bond motifs is 1. The second-order valence-electron chi connectivity index (χ2n) is 7.90. The fourth-order valence-corrected chi connectivity index (χ4v) is 4.86. The number of hydrogen-bond acceptors (Lipinski definition) is 6. The predicted octanol–water partition coefficient (Wildman–Crippen LogP) is 4.99. The summed E-state index contributed by atoms with van der Waals surface area (Å²) in [6.07, 6.45) is 0.122. The van der Waals surface area contributed by atoms with Crippen LogP contribution in [0.4, 0.5) is 5.82 Å². The Morgan fingerprint density at radius 2 is 1.97 bits per heavy atom.